The number of carboxylic acids is 1. The van der Waals surface area contributed by atoms with Crippen LogP contribution in [0.15, 0.2) is 12.1 Å². The molecule has 0 aliphatic rings. The summed E-state index contributed by atoms with van der Waals surface area (Å²) in [4.78, 5) is 10.3. The molecule has 1 rings (SSSR count). The topological polar surface area (TPSA) is 58.6 Å². The van der Waals surface area contributed by atoms with Crippen LogP contribution in [0.4, 0.5) is 0 Å². The molecule has 0 fully saturated rings. The Kier molecular flexibility index (Phi) is 6.25. The molecule has 0 aliphatic carbocycles. The Morgan fingerprint density at radius 1 is 1.39 bits per heavy atom. The number of nitrogens with one attached hydrogen (secondary N) is 1. The maximum Gasteiger partial charge on any atom is 0.303 e. The molecule has 18 heavy (non-hydrogen) atoms. The highest BCUT2D eigenvalue weighted by molar-refractivity contribution is 6.37. The van der Waals surface area contributed by atoms with Gasteiger partial charge in [-0.25, -0.2) is 0 Å². The molecule has 1 aromatic rings. The van der Waals surface area contributed by atoms with Gasteiger partial charge in [0, 0.05) is 13.0 Å². The van der Waals surface area contributed by atoms with Crippen molar-refractivity contribution in [3.8, 4) is 5.75 Å². The summed E-state index contributed by atoms with van der Waals surface area (Å²) in [7, 11) is 1.51. The van der Waals surface area contributed by atoms with Gasteiger partial charge in [-0.15, -0.1) is 0 Å². The van der Waals surface area contributed by atoms with Crippen molar-refractivity contribution in [2.75, 3.05) is 13.7 Å². The third-order valence-electron chi connectivity index (χ3n) is 2.34. The molecule has 0 aliphatic heterocycles. The molecular weight excluding hydrogens is 277 g/mol. The lowest BCUT2D eigenvalue weighted by molar-refractivity contribution is -0.137. The number of carbonyl (C=O) groups is 1. The number of hydrogen-bond acceptors (Lipinski definition) is 3. The number of rotatable bonds is 7. The standard InChI is InChI=1S/C12H15Cl2NO3/c1-18-12-9(13)5-8(6-10(12)14)7-15-4-2-3-11(16)17/h5-6,15H,2-4,7H2,1H3,(H,16,17). The van der Waals surface area contributed by atoms with Gasteiger partial charge in [0.25, 0.3) is 0 Å². The minimum Gasteiger partial charge on any atom is -0.494 e. The maximum atomic E-state index is 10.3. The molecule has 6 heteroatoms. The Balaban J connectivity index is 2.46. The third kappa shape index (κ3) is 4.72. The van der Waals surface area contributed by atoms with Gasteiger partial charge in [-0.2, -0.15) is 0 Å². The van der Waals surface area contributed by atoms with Gasteiger partial charge in [0.2, 0.25) is 0 Å². The molecule has 0 saturated heterocycles. The van der Waals surface area contributed by atoms with E-state index in [2.05, 4.69) is 5.32 Å². The van der Waals surface area contributed by atoms with Gasteiger partial charge in [-0.05, 0) is 30.7 Å². The van der Waals surface area contributed by atoms with E-state index in [1.54, 1.807) is 12.1 Å². The summed E-state index contributed by atoms with van der Waals surface area (Å²) in [5.41, 5.74) is 0.932. The van der Waals surface area contributed by atoms with Crippen molar-refractivity contribution < 1.29 is 14.6 Å². The van der Waals surface area contributed by atoms with E-state index in [0.29, 0.717) is 35.3 Å². The fourth-order valence-electron chi connectivity index (χ4n) is 1.51. The highest BCUT2D eigenvalue weighted by Gasteiger charge is 2.08. The van der Waals surface area contributed by atoms with Crippen molar-refractivity contribution in [1.82, 2.24) is 5.32 Å². The van der Waals surface area contributed by atoms with Gasteiger partial charge >= 0.3 is 5.97 Å². The molecule has 0 heterocycles. The van der Waals surface area contributed by atoms with Gasteiger partial charge in [-0.1, -0.05) is 23.2 Å². The van der Waals surface area contributed by atoms with Crippen LogP contribution in [0.2, 0.25) is 10.0 Å². The predicted molar refractivity (Wildman–Crippen MR) is 71.6 cm³/mol. The molecular formula is C12H15Cl2NO3. The number of halogens is 2. The van der Waals surface area contributed by atoms with Crippen LogP contribution in [0.5, 0.6) is 5.75 Å². The van der Waals surface area contributed by atoms with Crippen LogP contribution >= 0.6 is 23.2 Å². The molecule has 4 nitrogen and oxygen atoms in total. The fourth-order valence-corrected chi connectivity index (χ4v) is 2.19. The number of benzene rings is 1. The van der Waals surface area contributed by atoms with E-state index in [0.717, 1.165) is 5.56 Å². The van der Waals surface area contributed by atoms with E-state index in [-0.39, 0.29) is 6.42 Å². The van der Waals surface area contributed by atoms with Crippen molar-refractivity contribution in [2.45, 2.75) is 19.4 Å². The third-order valence-corrected chi connectivity index (χ3v) is 2.90. The van der Waals surface area contributed by atoms with E-state index >= 15 is 0 Å². The molecule has 0 spiro atoms. The zero-order valence-electron chi connectivity index (χ0n) is 10.0. The van der Waals surface area contributed by atoms with Crippen LogP contribution in [-0.4, -0.2) is 24.7 Å². The molecule has 0 saturated carbocycles. The number of carboxylic acid groups (broad SMARTS) is 1. The molecule has 0 bridgehead atoms. The van der Waals surface area contributed by atoms with E-state index < -0.39 is 5.97 Å². The second kappa shape index (κ2) is 7.46. The first-order chi connectivity index (χ1) is 8.54. The summed E-state index contributed by atoms with van der Waals surface area (Å²) < 4.78 is 5.05. The lowest BCUT2D eigenvalue weighted by atomic mass is 10.2. The Labute approximate surface area is 116 Å². The number of ether oxygens (including phenoxy) is 1. The Morgan fingerprint density at radius 3 is 2.50 bits per heavy atom. The van der Waals surface area contributed by atoms with Crippen molar-refractivity contribution in [3.05, 3.63) is 27.7 Å². The SMILES string of the molecule is COc1c(Cl)cc(CNCCCC(=O)O)cc1Cl. The summed E-state index contributed by atoms with van der Waals surface area (Å²) >= 11 is 12.0. The lowest BCUT2D eigenvalue weighted by Gasteiger charge is -2.09. The van der Waals surface area contributed by atoms with Gasteiger partial charge in [0.05, 0.1) is 17.2 Å². The van der Waals surface area contributed by atoms with Crippen LogP contribution in [0.1, 0.15) is 18.4 Å². The molecule has 0 amide bonds. The van der Waals surface area contributed by atoms with Crippen LogP contribution in [0, 0.1) is 0 Å². The van der Waals surface area contributed by atoms with Gasteiger partial charge < -0.3 is 15.2 Å². The summed E-state index contributed by atoms with van der Waals surface area (Å²) in [6.07, 6.45) is 0.754. The first-order valence-corrected chi connectivity index (χ1v) is 6.24. The van der Waals surface area contributed by atoms with Crippen molar-refractivity contribution in [1.29, 1.82) is 0 Å². The smallest absolute Gasteiger partial charge is 0.303 e. The largest absolute Gasteiger partial charge is 0.494 e. The van der Waals surface area contributed by atoms with Crippen molar-refractivity contribution in [3.63, 3.8) is 0 Å². The highest BCUT2D eigenvalue weighted by Crippen LogP contribution is 2.33. The van der Waals surface area contributed by atoms with E-state index in [4.69, 9.17) is 33.0 Å². The van der Waals surface area contributed by atoms with Gasteiger partial charge in [0.15, 0.2) is 5.75 Å². The minimum atomic E-state index is -0.785. The molecule has 0 aromatic heterocycles. The fraction of sp³-hybridized carbons (Fsp3) is 0.417. The molecule has 100 valence electrons. The van der Waals surface area contributed by atoms with Crippen molar-refractivity contribution in [2.24, 2.45) is 0 Å². The molecule has 0 radical (unpaired) electrons. The Bertz CT molecular complexity index is 401. The lowest BCUT2D eigenvalue weighted by Crippen LogP contribution is -2.15. The summed E-state index contributed by atoms with van der Waals surface area (Å²) in [6, 6.07) is 3.55. The maximum absolute atomic E-state index is 10.3. The quantitative estimate of drug-likeness (QED) is 0.759. The summed E-state index contributed by atoms with van der Waals surface area (Å²) in [5, 5.41) is 12.5. The zero-order valence-corrected chi connectivity index (χ0v) is 11.5. The average molecular weight is 292 g/mol. The first kappa shape index (κ1) is 15.1. The zero-order chi connectivity index (χ0) is 13.5. The number of methoxy groups -OCH3 is 1. The molecule has 1 aromatic carbocycles. The Hall–Kier alpha value is -0.970. The van der Waals surface area contributed by atoms with E-state index in [1.165, 1.54) is 7.11 Å². The van der Waals surface area contributed by atoms with Crippen molar-refractivity contribution >= 4 is 29.2 Å². The van der Waals surface area contributed by atoms with Gasteiger partial charge in [0.1, 0.15) is 0 Å². The minimum absolute atomic E-state index is 0.164. The first-order valence-electron chi connectivity index (χ1n) is 5.49. The second-order valence-electron chi connectivity index (χ2n) is 3.77. The number of hydrogen-bond donors (Lipinski definition) is 2. The van der Waals surface area contributed by atoms with Crippen LogP contribution in [-0.2, 0) is 11.3 Å². The molecule has 0 unspecified atom stereocenters. The predicted octanol–water partition coefficient (Wildman–Crippen LogP) is 2.96. The number of aliphatic carboxylic acids is 1. The van der Waals surface area contributed by atoms with Crippen LogP contribution in [0.3, 0.4) is 0 Å². The summed E-state index contributed by atoms with van der Waals surface area (Å²) in [6.45, 7) is 1.22. The highest BCUT2D eigenvalue weighted by atomic mass is 35.5. The van der Waals surface area contributed by atoms with Gasteiger partial charge in [-0.3, -0.25) is 4.79 Å². The van der Waals surface area contributed by atoms with Crippen LogP contribution < -0.4 is 10.1 Å². The van der Waals surface area contributed by atoms with E-state index in [1.807, 2.05) is 0 Å². The van der Waals surface area contributed by atoms with Crippen LogP contribution in [0.25, 0.3) is 0 Å². The summed E-state index contributed by atoms with van der Waals surface area (Å²) in [5.74, 6) is -0.319. The molecule has 2 N–H and O–H groups in total. The average Bonchev–Trinajstić information content (AvgIpc) is 2.27. The van der Waals surface area contributed by atoms with E-state index in [9.17, 15) is 4.79 Å². The Morgan fingerprint density at radius 2 is 2.00 bits per heavy atom. The second-order valence-corrected chi connectivity index (χ2v) is 4.58. The molecule has 0 atom stereocenters. The monoisotopic (exact) mass is 291 g/mol. The normalized spacial score (nSPS) is 10.4.